The van der Waals surface area contributed by atoms with Gasteiger partial charge in [-0.05, 0) is 43.0 Å². The van der Waals surface area contributed by atoms with Crippen molar-refractivity contribution >= 4 is 23.4 Å². The van der Waals surface area contributed by atoms with Gasteiger partial charge in [-0.3, -0.25) is 14.4 Å². The highest BCUT2D eigenvalue weighted by Crippen LogP contribution is 2.30. The highest BCUT2D eigenvalue weighted by Gasteiger charge is 2.31. The normalized spacial score (nSPS) is 16.6. The smallest absolute Gasteiger partial charge is 0.344 e. The maximum Gasteiger partial charge on any atom is 0.416 e. The van der Waals surface area contributed by atoms with Gasteiger partial charge in [-0.1, -0.05) is 36.4 Å². The van der Waals surface area contributed by atoms with Crippen LogP contribution in [0.1, 0.15) is 36.8 Å². The van der Waals surface area contributed by atoms with Crippen LogP contribution in [0.25, 0.3) is 0 Å². The number of nitrogens with zero attached hydrogens (tertiary/aromatic N) is 1. The molecule has 3 rings (SSSR count). The van der Waals surface area contributed by atoms with Gasteiger partial charge >= 0.3 is 6.18 Å². The first kappa shape index (κ1) is 26.2. The fourth-order valence-corrected chi connectivity index (χ4v) is 3.89. The molecule has 2 aromatic carbocycles. The van der Waals surface area contributed by atoms with E-state index in [0.29, 0.717) is 19.5 Å². The third-order valence-corrected chi connectivity index (χ3v) is 5.82. The Kier molecular flexibility index (Phi) is 8.86. The number of nitrogens with two attached hydrogens (primary N) is 1. The number of hydrogen-bond acceptors (Lipinski definition) is 4. The summed E-state index contributed by atoms with van der Waals surface area (Å²) in [6, 6.07) is 12.6. The van der Waals surface area contributed by atoms with Crippen LogP contribution < -0.4 is 16.4 Å². The average Bonchev–Trinajstić information content (AvgIpc) is 3.26. The predicted molar refractivity (Wildman–Crippen MR) is 125 cm³/mol. The highest BCUT2D eigenvalue weighted by molar-refractivity contribution is 5.97. The maximum absolute atomic E-state index is 13.0. The molecule has 0 aliphatic carbocycles. The average molecular weight is 491 g/mol. The summed E-state index contributed by atoms with van der Waals surface area (Å²) in [5, 5.41) is 5.11. The molecule has 7 nitrogen and oxygen atoms in total. The Morgan fingerprint density at radius 2 is 1.80 bits per heavy atom. The number of likely N-dealkylation sites (tertiary alicyclic amines) is 1. The lowest BCUT2D eigenvalue weighted by Crippen LogP contribution is -2.44. The van der Waals surface area contributed by atoms with Gasteiger partial charge in [0.15, 0.2) is 0 Å². The summed E-state index contributed by atoms with van der Waals surface area (Å²) >= 11 is 0. The molecule has 1 saturated heterocycles. The number of rotatable bonds is 9. The van der Waals surface area contributed by atoms with E-state index < -0.39 is 29.6 Å². The van der Waals surface area contributed by atoms with Crippen molar-refractivity contribution in [1.82, 2.24) is 10.2 Å². The maximum atomic E-state index is 13.0. The second-order valence-electron chi connectivity index (χ2n) is 8.60. The lowest BCUT2D eigenvalue weighted by molar-refractivity contribution is -0.137. The fraction of sp³-hybridized carbons (Fsp3) is 0.400. The van der Waals surface area contributed by atoms with E-state index in [1.807, 2.05) is 30.3 Å². The Labute approximate surface area is 201 Å². The molecular formula is C25H29F3N4O3. The van der Waals surface area contributed by atoms with E-state index in [0.717, 1.165) is 24.1 Å². The summed E-state index contributed by atoms with van der Waals surface area (Å²) in [6.45, 7) is 1.01. The zero-order valence-corrected chi connectivity index (χ0v) is 19.2. The predicted octanol–water partition coefficient (Wildman–Crippen LogP) is 3.10. The molecule has 0 saturated carbocycles. The molecule has 1 fully saturated rings. The van der Waals surface area contributed by atoms with Crippen molar-refractivity contribution in [3.05, 3.63) is 65.7 Å². The summed E-state index contributed by atoms with van der Waals surface area (Å²) in [5.41, 5.74) is 5.85. The number of aryl methyl sites for hydroxylation is 1. The first-order valence-corrected chi connectivity index (χ1v) is 11.5. The lowest BCUT2D eigenvalue weighted by Gasteiger charge is -2.20. The van der Waals surface area contributed by atoms with E-state index in [9.17, 15) is 27.6 Å². The monoisotopic (exact) mass is 490 g/mol. The number of alkyl halides is 3. The molecule has 1 aliphatic heterocycles. The third kappa shape index (κ3) is 8.10. The topological polar surface area (TPSA) is 105 Å². The van der Waals surface area contributed by atoms with Gasteiger partial charge in [0.25, 0.3) is 0 Å². The zero-order valence-electron chi connectivity index (χ0n) is 19.2. The third-order valence-electron chi connectivity index (χ3n) is 5.82. The first-order chi connectivity index (χ1) is 16.6. The second-order valence-corrected chi connectivity index (χ2v) is 8.60. The SMILES string of the molecule is N[C@@H]1CCN(C(=O)CCC(=O)N[C@@H](CCc2ccccc2)C(=O)Nc2cccc(C(F)(F)F)c2)C1. The van der Waals surface area contributed by atoms with Crippen LogP contribution in [0.5, 0.6) is 0 Å². The van der Waals surface area contributed by atoms with Crippen molar-refractivity contribution in [1.29, 1.82) is 0 Å². The quantitative estimate of drug-likeness (QED) is 0.503. The van der Waals surface area contributed by atoms with Gasteiger partial charge in [-0.25, -0.2) is 0 Å². The lowest BCUT2D eigenvalue weighted by atomic mass is 10.0. The molecule has 1 heterocycles. The van der Waals surface area contributed by atoms with Crippen LogP contribution in [0.2, 0.25) is 0 Å². The summed E-state index contributed by atoms with van der Waals surface area (Å²) < 4.78 is 39.1. The molecule has 4 N–H and O–H groups in total. The first-order valence-electron chi connectivity index (χ1n) is 11.5. The van der Waals surface area contributed by atoms with Crippen molar-refractivity contribution < 1.29 is 27.6 Å². The van der Waals surface area contributed by atoms with E-state index in [2.05, 4.69) is 10.6 Å². The van der Waals surface area contributed by atoms with Crippen molar-refractivity contribution in [3.63, 3.8) is 0 Å². The van der Waals surface area contributed by atoms with Crippen molar-refractivity contribution in [2.24, 2.45) is 5.73 Å². The van der Waals surface area contributed by atoms with Crippen LogP contribution in [0.3, 0.4) is 0 Å². The van der Waals surface area contributed by atoms with Gasteiger partial charge in [-0.15, -0.1) is 0 Å². The van der Waals surface area contributed by atoms with E-state index in [1.54, 1.807) is 4.90 Å². The zero-order chi connectivity index (χ0) is 25.4. The van der Waals surface area contributed by atoms with Gasteiger partial charge in [0.1, 0.15) is 6.04 Å². The number of halogens is 3. The number of anilines is 1. The Balaban J connectivity index is 1.63. The summed E-state index contributed by atoms with van der Waals surface area (Å²) in [5.74, 6) is -1.30. The van der Waals surface area contributed by atoms with Crippen LogP contribution in [0, 0.1) is 0 Å². The molecule has 2 aromatic rings. The summed E-state index contributed by atoms with van der Waals surface area (Å²) in [6.07, 6.45) is -3.26. The van der Waals surface area contributed by atoms with Gasteiger partial charge < -0.3 is 21.3 Å². The van der Waals surface area contributed by atoms with E-state index in [-0.39, 0.29) is 36.9 Å². The van der Waals surface area contributed by atoms with E-state index >= 15 is 0 Å². The van der Waals surface area contributed by atoms with Crippen LogP contribution in [-0.2, 0) is 27.0 Å². The molecule has 3 amide bonds. The molecule has 0 aromatic heterocycles. The van der Waals surface area contributed by atoms with E-state index in [4.69, 9.17) is 5.73 Å². The second kappa shape index (κ2) is 11.8. The van der Waals surface area contributed by atoms with Gasteiger partial charge in [0.2, 0.25) is 17.7 Å². The Bertz CT molecular complexity index is 1030. The van der Waals surface area contributed by atoms with Crippen LogP contribution >= 0.6 is 0 Å². The molecule has 0 radical (unpaired) electrons. The minimum atomic E-state index is -4.55. The molecule has 0 bridgehead atoms. The molecule has 188 valence electrons. The minimum Gasteiger partial charge on any atom is -0.344 e. The van der Waals surface area contributed by atoms with E-state index in [1.165, 1.54) is 12.1 Å². The van der Waals surface area contributed by atoms with Gasteiger partial charge in [0, 0.05) is 37.7 Å². The summed E-state index contributed by atoms with van der Waals surface area (Å²) in [7, 11) is 0. The number of carbonyl (C=O) groups excluding carboxylic acids is 3. The number of benzene rings is 2. The van der Waals surface area contributed by atoms with Crippen LogP contribution in [0.4, 0.5) is 18.9 Å². The molecule has 35 heavy (non-hydrogen) atoms. The summed E-state index contributed by atoms with van der Waals surface area (Å²) in [4.78, 5) is 39.4. The standard InChI is InChI=1S/C25H29F3N4O3/c26-25(27,28)18-7-4-8-20(15-18)30-24(35)21(10-9-17-5-2-1-3-6-17)31-22(33)11-12-23(34)32-14-13-19(29)16-32/h1-8,15,19,21H,9-14,16,29H2,(H,30,35)(H,31,33)/t19-,21+/m1/s1. The van der Waals surface area contributed by atoms with Crippen molar-refractivity contribution in [2.75, 3.05) is 18.4 Å². The van der Waals surface area contributed by atoms with Crippen molar-refractivity contribution in [3.8, 4) is 0 Å². The molecule has 1 aliphatic rings. The molecular weight excluding hydrogens is 461 g/mol. The fourth-order valence-electron chi connectivity index (χ4n) is 3.89. The minimum absolute atomic E-state index is 0.0147. The molecule has 2 atom stereocenters. The van der Waals surface area contributed by atoms with Crippen LogP contribution in [-0.4, -0.2) is 47.8 Å². The number of nitrogens with one attached hydrogen (secondary N) is 2. The van der Waals surface area contributed by atoms with Gasteiger partial charge in [0.05, 0.1) is 5.56 Å². The van der Waals surface area contributed by atoms with Crippen molar-refractivity contribution in [2.45, 2.75) is 50.4 Å². The molecule has 0 unspecified atom stereocenters. The molecule has 0 spiro atoms. The Morgan fingerprint density at radius 1 is 1.06 bits per heavy atom. The number of amides is 3. The number of hydrogen-bond donors (Lipinski definition) is 3. The number of carbonyl (C=O) groups is 3. The largest absolute Gasteiger partial charge is 0.416 e. The molecule has 10 heteroatoms. The van der Waals surface area contributed by atoms with Crippen LogP contribution in [0.15, 0.2) is 54.6 Å². The van der Waals surface area contributed by atoms with Gasteiger partial charge in [-0.2, -0.15) is 13.2 Å². The highest BCUT2D eigenvalue weighted by atomic mass is 19.4. The Morgan fingerprint density at radius 3 is 2.46 bits per heavy atom. The Hall–Kier alpha value is -3.40.